The van der Waals surface area contributed by atoms with Crippen LogP contribution in [0.4, 0.5) is 5.82 Å². The zero-order valence-corrected chi connectivity index (χ0v) is 18.0. The summed E-state index contributed by atoms with van der Waals surface area (Å²) in [5, 5.41) is 0. The van der Waals surface area contributed by atoms with Crippen molar-refractivity contribution in [3.8, 4) is 0 Å². The van der Waals surface area contributed by atoms with Crippen molar-refractivity contribution < 1.29 is 9.53 Å². The van der Waals surface area contributed by atoms with Gasteiger partial charge in [0.25, 0.3) is 0 Å². The highest BCUT2D eigenvalue weighted by molar-refractivity contribution is 9.11. The molecule has 0 fully saturated rings. The fourth-order valence-electron chi connectivity index (χ4n) is 2.56. The third-order valence-electron chi connectivity index (χ3n) is 3.56. The summed E-state index contributed by atoms with van der Waals surface area (Å²) in [6.45, 7) is 2.12. The average molecular weight is 520 g/mol. The molecule has 0 atom stereocenters. The van der Waals surface area contributed by atoms with Gasteiger partial charge in [0.05, 0.1) is 23.2 Å². The van der Waals surface area contributed by atoms with E-state index in [1.165, 1.54) is 0 Å². The van der Waals surface area contributed by atoms with Crippen LogP contribution in [-0.2, 0) is 4.74 Å². The Morgan fingerprint density at radius 3 is 2.54 bits per heavy atom. The molecule has 0 bridgehead atoms. The number of carbonyl (C=O) groups is 1. The largest absolute Gasteiger partial charge is 0.462 e. The lowest BCUT2D eigenvalue weighted by Crippen LogP contribution is -2.12. The molecule has 3 rings (SSSR count). The number of rotatable bonds is 3. The van der Waals surface area contributed by atoms with Gasteiger partial charge in [-0.15, -0.1) is 0 Å². The van der Waals surface area contributed by atoms with Gasteiger partial charge in [0, 0.05) is 23.0 Å². The Morgan fingerprint density at radius 2 is 1.92 bits per heavy atom. The molecule has 24 heavy (non-hydrogen) atoms. The summed E-state index contributed by atoms with van der Waals surface area (Å²) < 4.78 is 9.57. The molecule has 2 aromatic heterocycles. The Kier molecular flexibility index (Phi) is 4.90. The second-order valence-corrected chi connectivity index (χ2v) is 7.90. The van der Waals surface area contributed by atoms with E-state index >= 15 is 0 Å². The van der Waals surface area contributed by atoms with Crippen LogP contribution in [0.2, 0.25) is 0 Å². The van der Waals surface area contributed by atoms with Crippen molar-refractivity contribution in [1.82, 2.24) is 9.38 Å². The van der Waals surface area contributed by atoms with Crippen LogP contribution in [0, 0.1) is 0 Å². The predicted octanol–water partition coefficient (Wildman–Crippen LogP) is 5.02. The molecule has 0 saturated carbocycles. The minimum Gasteiger partial charge on any atom is -0.462 e. The number of nitrogens with zero attached hydrogens (tertiary/aromatic N) is 3. The molecule has 0 radical (unpaired) electrons. The Bertz CT molecular complexity index is 966. The molecular formula is C16H14Br3N3O2. The highest BCUT2D eigenvalue weighted by Gasteiger charge is 2.22. The molecule has 126 valence electrons. The molecule has 5 nitrogen and oxygen atoms in total. The summed E-state index contributed by atoms with van der Waals surface area (Å²) in [5.41, 5.74) is 2.98. The van der Waals surface area contributed by atoms with Gasteiger partial charge in [-0.05, 0) is 57.0 Å². The molecule has 3 aromatic rings. The van der Waals surface area contributed by atoms with Crippen LogP contribution in [0.5, 0.6) is 0 Å². The molecule has 0 aliphatic rings. The maximum atomic E-state index is 12.3. The standard InChI is InChI=1S/C16H14Br3N3O2/c1-4-24-16(23)9-7-12-15(21(2)3)20-13-10(18)5-8(17)6-11(13)22(12)14(9)19/h5-7H,4H2,1-3H3. The van der Waals surface area contributed by atoms with Gasteiger partial charge in [0.15, 0.2) is 5.82 Å². The summed E-state index contributed by atoms with van der Waals surface area (Å²) in [5.74, 6) is 0.404. The summed E-state index contributed by atoms with van der Waals surface area (Å²) in [4.78, 5) is 19.0. The van der Waals surface area contributed by atoms with E-state index in [9.17, 15) is 4.79 Å². The third-order valence-corrected chi connectivity index (χ3v) is 5.40. The number of halogens is 3. The lowest BCUT2D eigenvalue weighted by molar-refractivity contribution is 0.0525. The van der Waals surface area contributed by atoms with E-state index < -0.39 is 0 Å². The number of ether oxygens (including phenoxy) is 1. The van der Waals surface area contributed by atoms with Crippen LogP contribution in [0.25, 0.3) is 16.6 Å². The van der Waals surface area contributed by atoms with Crippen LogP contribution < -0.4 is 4.90 Å². The smallest absolute Gasteiger partial charge is 0.340 e. The third kappa shape index (κ3) is 2.84. The number of carbonyl (C=O) groups excluding carboxylic acids is 1. The maximum absolute atomic E-state index is 12.3. The van der Waals surface area contributed by atoms with Gasteiger partial charge < -0.3 is 9.64 Å². The Labute approximate surface area is 164 Å². The topological polar surface area (TPSA) is 46.8 Å². The van der Waals surface area contributed by atoms with Gasteiger partial charge in [0.2, 0.25) is 0 Å². The molecule has 0 N–H and O–H groups in total. The van der Waals surface area contributed by atoms with Crippen LogP contribution in [0.15, 0.2) is 31.7 Å². The van der Waals surface area contributed by atoms with Crippen molar-refractivity contribution in [2.75, 3.05) is 25.6 Å². The SMILES string of the molecule is CCOC(=O)c1cc2c(N(C)C)nc3c(Br)cc(Br)cc3n2c1Br. The Hall–Kier alpha value is -1.12. The molecular weight excluding hydrogens is 506 g/mol. The zero-order valence-electron chi connectivity index (χ0n) is 13.2. The van der Waals surface area contributed by atoms with Crippen LogP contribution in [0.3, 0.4) is 0 Å². The molecule has 0 aliphatic carbocycles. The van der Waals surface area contributed by atoms with Gasteiger partial charge in [-0.3, -0.25) is 4.40 Å². The van der Waals surface area contributed by atoms with E-state index in [1.807, 2.05) is 35.5 Å². The normalized spacial score (nSPS) is 11.2. The number of aromatic nitrogens is 2. The van der Waals surface area contributed by atoms with Crippen molar-refractivity contribution in [3.05, 3.63) is 37.3 Å². The van der Waals surface area contributed by atoms with E-state index in [0.29, 0.717) is 16.8 Å². The fourth-order valence-corrected chi connectivity index (χ4v) is 4.51. The minimum atomic E-state index is -0.361. The van der Waals surface area contributed by atoms with Crippen molar-refractivity contribution in [1.29, 1.82) is 0 Å². The summed E-state index contributed by atoms with van der Waals surface area (Å²) in [7, 11) is 3.84. The molecule has 2 heterocycles. The van der Waals surface area contributed by atoms with Gasteiger partial charge in [-0.1, -0.05) is 15.9 Å². The average Bonchev–Trinajstić information content (AvgIpc) is 2.84. The number of anilines is 1. The van der Waals surface area contributed by atoms with Crippen LogP contribution in [0.1, 0.15) is 17.3 Å². The summed E-state index contributed by atoms with van der Waals surface area (Å²) in [6.07, 6.45) is 0. The molecule has 0 amide bonds. The van der Waals surface area contributed by atoms with Gasteiger partial charge in [0.1, 0.15) is 10.1 Å². The van der Waals surface area contributed by atoms with Gasteiger partial charge in [-0.2, -0.15) is 0 Å². The maximum Gasteiger partial charge on any atom is 0.340 e. The Morgan fingerprint density at radius 1 is 1.21 bits per heavy atom. The Balaban J connectivity index is 2.48. The van der Waals surface area contributed by atoms with E-state index in [4.69, 9.17) is 9.72 Å². The predicted molar refractivity (Wildman–Crippen MR) is 106 cm³/mol. The van der Waals surface area contributed by atoms with E-state index in [1.54, 1.807) is 13.0 Å². The summed E-state index contributed by atoms with van der Waals surface area (Å²) >= 11 is 10.6. The van der Waals surface area contributed by atoms with Crippen molar-refractivity contribution in [3.63, 3.8) is 0 Å². The highest BCUT2D eigenvalue weighted by Crippen LogP contribution is 2.35. The first kappa shape index (κ1) is 17.7. The fraction of sp³-hybridized carbons (Fsp3) is 0.250. The molecule has 0 aliphatic heterocycles. The summed E-state index contributed by atoms with van der Waals surface area (Å²) in [6, 6.07) is 5.72. The number of esters is 1. The lowest BCUT2D eigenvalue weighted by Gasteiger charge is -2.16. The zero-order chi connectivity index (χ0) is 17.6. The van der Waals surface area contributed by atoms with Gasteiger partial charge in [-0.25, -0.2) is 9.78 Å². The number of hydrogen-bond acceptors (Lipinski definition) is 4. The highest BCUT2D eigenvalue weighted by atomic mass is 79.9. The molecule has 0 saturated heterocycles. The van der Waals surface area contributed by atoms with Crippen molar-refractivity contribution >= 4 is 76.1 Å². The van der Waals surface area contributed by atoms with E-state index in [0.717, 1.165) is 31.3 Å². The molecule has 0 unspecified atom stereocenters. The minimum absolute atomic E-state index is 0.327. The van der Waals surface area contributed by atoms with Crippen LogP contribution in [-0.4, -0.2) is 36.1 Å². The second-order valence-electron chi connectivity index (χ2n) is 5.38. The first-order valence-electron chi connectivity index (χ1n) is 7.19. The second kappa shape index (κ2) is 6.65. The van der Waals surface area contributed by atoms with Gasteiger partial charge >= 0.3 is 5.97 Å². The first-order chi connectivity index (χ1) is 11.3. The number of hydrogen-bond donors (Lipinski definition) is 0. The first-order valence-corrected chi connectivity index (χ1v) is 9.57. The number of benzene rings is 1. The quantitative estimate of drug-likeness (QED) is 0.456. The molecule has 0 spiro atoms. The van der Waals surface area contributed by atoms with Crippen molar-refractivity contribution in [2.24, 2.45) is 0 Å². The van der Waals surface area contributed by atoms with Crippen molar-refractivity contribution in [2.45, 2.75) is 6.92 Å². The number of fused-ring (bicyclic) bond motifs is 3. The van der Waals surface area contributed by atoms with E-state index in [-0.39, 0.29) is 5.97 Å². The van der Waals surface area contributed by atoms with E-state index in [2.05, 4.69) is 47.8 Å². The lowest BCUT2D eigenvalue weighted by atomic mass is 10.3. The molecule has 1 aromatic carbocycles. The monoisotopic (exact) mass is 517 g/mol. The molecule has 8 heteroatoms. The van der Waals surface area contributed by atoms with Crippen LogP contribution >= 0.6 is 47.8 Å².